The van der Waals surface area contributed by atoms with Gasteiger partial charge in [-0.1, -0.05) is 25.1 Å². The number of aromatic nitrogens is 2. The number of para-hydroxylation sites is 1. The Morgan fingerprint density at radius 3 is 2.93 bits per heavy atom. The SMILES string of the molecule is CC[C@@]12C=C(c3nc(C)c(C(=O)O)o3)n3c4c(c5ccccc53)CCN(CCC1)[C@H]42. The normalized spacial score (nSPS) is 25.3. The van der Waals surface area contributed by atoms with E-state index in [1.54, 1.807) is 6.92 Å². The quantitative estimate of drug-likeness (QED) is 0.690. The smallest absolute Gasteiger partial charge is 0.373 e. The highest BCUT2D eigenvalue weighted by Crippen LogP contribution is 2.57. The Balaban J connectivity index is 1.70. The second kappa shape index (κ2) is 6.08. The first-order valence-corrected chi connectivity index (χ1v) is 10.8. The summed E-state index contributed by atoms with van der Waals surface area (Å²) in [5.41, 5.74) is 5.26. The van der Waals surface area contributed by atoms with Crippen LogP contribution in [0.4, 0.5) is 0 Å². The molecule has 2 atom stereocenters. The fraction of sp³-hybridized carbons (Fsp3) is 0.417. The van der Waals surface area contributed by atoms with Crippen LogP contribution in [0.15, 0.2) is 34.8 Å². The van der Waals surface area contributed by atoms with Gasteiger partial charge in [0, 0.05) is 23.0 Å². The molecule has 0 aliphatic carbocycles. The molecule has 0 unspecified atom stereocenters. The van der Waals surface area contributed by atoms with Crippen molar-refractivity contribution in [3.63, 3.8) is 0 Å². The lowest BCUT2D eigenvalue weighted by Gasteiger charge is -2.53. The molecule has 0 amide bonds. The predicted octanol–water partition coefficient (Wildman–Crippen LogP) is 4.63. The Kier molecular flexibility index (Phi) is 3.64. The molecule has 0 radical (unpaired) electrons. The molecule has 6 heteroatoms. The van der Waals surface area contributed by atoms with Gasteiger partial charge in [0.25, 0.3) is 0 Å². The highest BCUT2D eigenvalue weighted by Gasteiger charge is 2.50. The van der Waals surface area contributed by atoms with Gasteiger partial charge < -0.3 is 14.1 Å². The summed E-state index contributed by atoms with van der Waals surface area (Å²) in [6.45, 7) is 6.20. The summed E-state index contributed by atoms with van der Waals surface area (Å²) in [6.07, 6.45) is 6.71. The number of nitrogens with zero attached hydrogens (tertiary/aromatic N) is 3. The molecule has 3 aromatic rings. The number of hydrogen-bond donors (Lipinski definition) is 1. The molecule has 0 spiro atoms. The number of aromatic carboxylic acids is 1. The van der Waals surface area contributed by atoms with Crippen LogP contribution >= 0.6 is 0 Å². The van der Waals surface area contributed by atoms with Crippen molar-refractivity contribution in [2.24, 2.45) is 5.41 Å². The van der Waals surface area contributed by atoms with Crippen LogP contribution < -0.4 is 0 Å². The summed E-state index contributed by atoms with van der Waals surface area (Å²) in [6, 6.07) is 8.89. The maximum Gasteiger partial charge on any atom is 0.373 e. The van der Waals surface area contributed by atoms with E-state index in [9.17, 15) is 9.90 Å². The molecule has 1 saturated heterocycles. The number of oxazole rings is 1. The molecule has 6 nitrogen and oxygen atoms in total. The Bertz CT molecular complexity index is 1230. The monoisotopic (exact) mass is 403 g/mol. The molecular formula is C24H25N3O3. The minimum atomic E-state index is -1.08. The highest BCUT2D eigenvalue weighted by atomic mass is 16.4. The first kappa shape index (κ1) is 18.0. The van der Waals surface area contributed by atoms with Crippen LogP contribution in [0.5, 0.6) is 0 Å². The number of hydrogen-bond acceptors (Lipinski definition) is 4. The second-order valence-corrected chi connectivity index (χ2v) is 8.86. The van der Waals surface area contributed by atoms with Gasteiger partial charge in [-0.25, -0.2) is 9.78 Å². The Morgan fingerprint density at radius 1 is 1.33 bits per heavy atom. The lowest BCUT2D eigenvalue weighted by atomic mass is 9.66. The Hall–Kier alpha value is -2.86. The number of rotatable bonds is 3. The van der Waals surface area contributed by atoms with E-state index in [1.165, 1.54) is 23.1 Å². The van der Waals surface area contributed by atoms with E-state index in [-0.39, 0.29) is 11.2 Å². The van der Waals surface area contributed by atoms with Crippen molar-refractivity contribution in [2.75, 3.05) is 13.1 Å². The van der Waals surface area contributed by atoms with Gasteiger partial charge in [-0.05, 0) is 56.9 Å². The molecule has 3 aliphatic rings. The standard InChI is InChI=1S/C24H25N3O3/c1-3-24-10-6-11-26-12-9-16-15-7-4-5-8-17(15)27(19(16)21(24)26)18(13-24)22-25-14(2)20(30-22)23(28)29/h4-5,7-8,13,21H,3,6,9-12H2,1-2H3,(H,28,29)/t21-,24+/m1/s1. The van der Waals surface area contributed by atoms with E-state index < -0.39 is 5.97 Å². The average molecular weight is 403 g/mol. The molecule has 3 aliphatic heterocycles. The van der Waals surface area contributed by atoms with Crippen molar-refractivity contribution in [1.82, 2.24) is 14.5 Å². The molecule has 1 N–H and O–H groups in total. The fourth-order valence-corrected chi connectivity index (χ4v) is 6.14. The molecule has 0 saturated carbocycles. The van der Waals surface area contributed by atoms with Crippen LogP contribution in [0.2, 0.25) is 0 Å². The minimum absolute atomic E-state index is 0.0128. The van der Waals surface area contributed by atoms with Crippen LogP contribution in [-0.4, -0.2) is 38.6 Å². The zero-order valence-corrected chi connectivity index (χ0v) is 17.3. The van der Waals surface area contributed by atoms with Crippen molar-refractivity contribution in [1.29, 1.82) is 0 Å². The van der Waals surface area contributed by atoms with Gasteiger partial charge in [0.2, 0.25) is 11.7 Å². The van der Waals surface area contributed by atoms with Crippen molar-refractivity contribution >= 4 is 22.6 Å². The zero-order chi connectivity index (χ0) is 20.6. The summed E-state index contributed by atoms with van der Waals surface area (Å²) >= 11 is 0. The Labute approximate surface area is 174 Å². The molecule has 0 bridgehead atoms. The summed E-state index contributed by atoms with van der Waals surface area (Å²) in [5.74, 6) is -0.745. The van der Waals surface area contributed by atoms with Crippen molar-refractivity contribution in [3.05, 3.63) is 58.9 Å². The molecule has 5 heterocycles. The topological polar surface area (TPSA) is 71.5 Å². The maximum atomic E-state index is 11.6. The van der Waals surface area contributed by atoms with Crippen LogP contribution in [0.3, 0.4) is 0 Å². The third kappa shape index (κ3) is 2.17. The third-order valence-corrected chi connectivity index (χ3v) is 7.46. The van der Waals surface area contributed by atoms with Crippen LogP contribution in [0.1, 0.15) is 65.6 Å². The lowest BCUT2D eigenvalue weighted by Crippen LogP contribution is -2.50. The molecule has 1 aromatic carbocycles. The molecule has 1 fully saturated rings. The molecule has 6 rings (SSSR count). The number of fused-ring (bicyclic) bond motifs is 3. The highest BCUT2D eigenvalue weighted by molar-refractivity contribution is 5.92. The van der Waals surface area contributed by atoms with E-state index in [1.807, 2.05) is 0 Å². The number of benzene rings is 1. The van der Waals surface area contributed by atoms with Gasteiger partial charge >= 0.3 is 5.97 Å². The Morgan fingerprint density at radius 2 is 2.17 bits per heavy atom. The van der Waals surface area contributed by atoms with Gasteiger partial charge in [-0.2, -0.15) is 0 Å². The van der Waals surface area contributed by atoms with Crippen molar-refractivity contribution in [3.8, 4) is 0 Å². The van der Waals surface area contributed by atoms with Crippen LogP contribution in [-0.2, 0) is 6.42 Å². The largest absolute Gasteiger partial charge is 0.475 e. The van der Waals surface area contributed by atoms with Crippen LogP contribution in [0, 0.1) is 12.3 Å². The van der Waals surface area contributed by atoms with Crippen molar-refractivity contribution < 1.29 is 14.3 Å². The number of carboxylic acids is 1. The van der Waals surface area contributed by atoms with Gasteiger partial charge in [0.15, 0.2) is 0 Å². The average Bonchev–Trinajstić information content (AvgIpc) is 3.31. The minimum Gasteiger partial charge on any atom is -0.475 e. The number of carboxylic acid groups (broad SMARTS) is 1. The fourth-order valence-electron chi connectivity index (χ4n) is 6.14. The van der Waals surface area contributed by atoms with Crippen molar-refractivity contribution in [2.45, 2.75) is 45.6 Å². The number of piperidine rings is 1. The van der Waals surface area contributed by atoms with Gasteiger partial charge in [0.1, 0.15) is 5.70 Å². The number of aryl methyl sites for hydroxylation is 1. The third-order valence-electron chi connectivity index (χ3n) is 7.46. The van der Waals surface area contributed by atoms with E-state index in [0.717, 1.165) is 43.6 Å². The van der Waals surface area contributed by atoms with Gasteiger partial charge in [-0.15, -0.1) is 0 Å². The maximum absolute atomic E-state index is 11.6. The first-order chi connectivity index (χ1) is 14.5. The number of carbonyl (C=O) groups is 1. The van der Waals surface area contributed by atoms with Crippen LogP contribution in [0.25, 0.3) is 16.6 Å². The summed E-state index contributed by atoms with van der Waals surface area (Å²) in [5, 5.41) is 10.8. The molecular weight excluding hydrogens is 378 g/mol. The predicted molar refractivity (Wildman–Crippen MR) is 113 cm³/mol. The summed E-state index contributed by atoms with van der Waals surface area (Å²) in [7, 11) is 0. The van der Waals surface area contributed by atoms with E-state index >= 15 is 0 Å². The van der Waals surface area contributed by atoms with E-state index in [2.05, 4.69) is 51.7 Å². The second-order valence-electron chi connectivity index (χ2n) is 8.86. The molecule has 30 heavy (non-hydrogen) atoms. The summed E-state index contributed by atoms with van der Waals surface area (Å²) < 4.78 is 8.13. The first-order valence-electron chi connectivity index (χ1n) is 10.8. The van der Waals surface area contributed by atoms with Gasteiger partial charge in [0.05, 0.1) is 17.3 Å². The summed E-state index contributed by atoms with van der Waals surface area (Å²) in [4.78, 5) is 18.8. The van der Waals surface area contributed by atoms with E-state index in [4.69, 9.17) is 4.42 Å². The zero-order valence-electron chi connectivity index (χ0n) is 17.3. The molecule has 2 aromatic heterocycles. The van der Waals surface area contributed by atoms with Gasteiger partial charge in [-0.3, -0.25) is 4.90 Å². The lowest BCUT2D eigenvalue weighted by molar-refractivity contribution is 0.0269. The molecule has 154 valence electrons. The van der Waals surface area contributed by atoms with E-state index in [0.29, 0.717) is 17.6 Å².